The van der Waals surface area contributed by atoms with Gasteiger partial charge in [0.2, 0.25) is 0 Å². The predicted octanol–water partition coefficient (Wildman–Crippen LogP) is 3.08. The number of hydrogen-bond acceptors (Lipinski definition) is 5. The molecular weight excluding hydrogens is 426 g/mol. The summed E-state index contributed by atoms with van der Waals surface area (Å²) in [6.07, 6.45) is 1.46. The number of aromatic nitrogens is 1. The van der Waals surface area contributed by atoms with Gasteiger partial charge in [0.05, 0.1) is 29.2 Å². The lowest BCUT2D eigenvalue weighted by atomic mass is 9.95. The van der Waals surface area contributed by atoms with Gasteiger partial charge in [-0.15, -0.1) is 0 Å². The molecule has 0 radical (unpaired) electrons. The molecule has 160 valence electrons. The van der Waals surface area contributed by atoms with E-state index in [1.807, 2.05) is 4.90 Å². The van der Waals surface area contributed by atoms with Crippen LogP contribution in [0.25, 0.3) is 22.0 Å². The van der Waals surface area contributed by atoms with Crippen LogP contribution >= 0.6 is 11.6 Å². The van der Waals surface area contributed by atoms with Gasteiger partial charge in [0, 0.05) is 43.2 Å². The first kappa shape index (κ1) is 20.1. The number of carbonyl (C=O) groups is 1. The Morgan fingerprint density at radius 3 is 2.90 bits per heavy atom. The zero-order chi connectivity index (χ0) is 21.9. The third kappa shape index (κ3) is 2.90. The van der Waals surface area contributed by atoms with Crippen LogP contribution in [-0.4, -0.2) is 48.7 Å². The van der Waals surface area contributed by atoms with Crippen LogP contribution in [0.4, 0.5) is 20.2 Å². The van der Waals surface area contributed by atoms with Gasteiger partial charge in [-0.05, 0) is 17.7 Å². The molecule has 1 saturated heterocycles. The number of pyridine rings is 1. The summed E-state index contributed by atoms with van der Waals surface area (Å²) in [5, 5.41) is 13.3. The van der Waals surface area contributed by atoms with E-state index in [0.29, 0.717) is 36.4 Å². The Morgan fingerprint density at radius 1 is 1.32 bits per heavy atom. The molecule has 1 aromatic heterocycles. The zero-order valence-electron chi connectivity index (χ0n) is 16.6. The van der Waals surface area contributed by atoms with Gasteiger partial charge in [0.1, 0.15) is 17.4 Å². The van der Waals surface area contributed by atoms with Gasteiger partial charge < -0.3 is 20.2 Å². The van der Waals surface area contributed by atoms with Gasteiger partial charge in [-0.1, -0.05) is 23.7 Å². The van der Waals surface area contributed by atoms with Crippen molar-refractivity contribution in [2.45, 2.75) is 12.6 Å². The Kier molecular flexibility index (Phi) is 4.80. The van der Waals surface area contributed by atoms with E-state index in [-0.39, 0.29) is 33.1 Å². The number of fused-ring (bicyclic) bond motifs is 5. The Labute approximate surface area is 182 Å². The number of aliphatic hydroxyl groups excluding tert-OH is 1. The third-order valence-electron chi connectivity index (χ3n) is 6.03. The standard InChI is InChI=1S/C22H19ClF2N4O2/c1-28-15-9-27-20-12(21(15)29-6-5-26-8-16(29)22(28)31)7-13(23)18(19(20)25)17-11(10-30)3-2-4-14(17)24/h2-4,7,9,16,26,30H,5-6,8,10H2,1H3/t16-/m1/s1. The Balaban J connectivity index is 1.81. The molecule has 0 unspecified atom stereocenters. The summed E-state index contributed by atoms with van der Waals surface area (Å²) in [5.74, 6) is -1.52. The molecule has 5 rings (SSSR count). The lowest BCUT2D eigenvalue weighted by molar-refractivity contribution is -0.120. The van der Waals surface area contributed by atoms with E-state index in [2.05, 4.69) is 10.3 Å². The summed E-state index contributed by atoms with van der Waals surface area (Å²) in [6, 6.07) is 5.32. The number of nitrogens with one attached hydrogen (secondary N) is 1. The molecule has 2 aliphatic rings. The minimum atomic E-state index is -0.767. The lowest BCUT2D eigenvalue weighted by Gasteiger charge is -2.44. The second kappa shape index (κ2) is 7.40. The molecule has 0 aliphatic carbocycles. The molecule has 2 aromatic carbocycles. The fourth-order valence-electron chi connectivity index (χ4n) is 4.53. The fraction of sp³-hybridized carbons (Fsp3) is 0.273. The highest BCUT2D eigenvalue weighted by molar-refractivity contribution is 6.34. The van der Waals surface area contributed by atoms with Crippen LogP contribution in [0.2, 0.25) is 5.02 Å². The number of amides is 1. The quantitative estimate of drug-likeness (QED) is 0.636. The van der Waals surface area contributed by atoms with E-state index in [4.69, 9.17) is 11.6 Å². The number of benzene rings is 2. The molecule has 9 heteroatoms. The number of anilines is 2. The van der Waals surface area contributed by atoms with E-state index in [0.717, 1.165) is 0 Å². The van der Waals surface area contributed by atoms with Gasteiger partial charge >= 0.3 is 0 Å². The summed E-state index contributed by atoms with van der Waals surface area (Å²) >= 11 is 6.50. The number of halogens is 3. The molecular formula is C22H19ClF2N4O2. The molecule has 2 aliphatic heterocycles. The number of piperazine rings is 1. The number of hydrogen-bond donors (Lipinski definition) is 2. The van der Waals surface area contributed by atoms with Crippen LogP contribution in [0.3, 0.4) is 0 Å². The first-order chi connectivity index (χ1) is 14.9. The maximum Gasteiger partial charge on any atom is 0.250 e. The highest BCUT2D eigenvalue weighted by Crippen LogP contribution is 2.45. The minimum Gasteiger partial charge on any atom is -0.392 e. The van der Waals surface area contributed by atoms with Crippen LogP contribution in [0, 0.1) is 11.6 Å². The highest BCUT2D eigenvalue weighted by Gasteiger charge is 2.39. The normalized spacial score (nSPS) is 18.4. The molecule has 3 heterocycles. The highest BCUT2D eigenvalue weighted by atomic mass is 35.5. The summed E-state index contributed by atoms with van der Waals surface area (Å²) in [7, 11) is 1.67. The molecule has 6 nitrogen and oxygen atoms in total. The van der Waals surface area contributed by atoms with Crippen molar-refractivity contribution >= 4 is 39.8 Å². The fourth-order valence-corrected chi connectivity index (χ4v) is 4.82. The maximum atomic E-state index is 15.8. The van der Waals surface area contributed by atoms with Gasteiger partial charge in [0.25, 0.3) is 5.91 Å². The first-order valence-corrected chi connectivity index (χ1v) is 10.3. The largest absolute Gasteiger partial charge is 0.392 e. The molecule has 2 N–H and O–H groups in total. The molecule has 3 aromatic rings. The van der Waals surface area contributed by atoms with Gasteiger partial charge in [-0.3, -0.25) is 9.78 Å². The van der Waals surface area contributed by atoms with Crippen molar-refractivity contribution in [2.75, 3.05) is 36.5 Å². The van der Waals surface area contributed by atoms with Crippen molar-refractivity contribution in [2.24, 2.45) is 0 Å². The average molecular weight is 445 g/mol. The summed E-state index contributed by atoms with van der Waals surface area (Å²) in [6.45, 7) is 1.27. The van der Waals surface area contributed by atoms with E-state index < -0.39 is 24.3 Å². The third-order valence-corrected chi connectivity index (χ3v) is 6.33. The average Bonchev–Trinajstić information content (AvgIpc) is 2.77. The van der Waals surface area contributed by atoms with E-state index in [1.165, 1.54) is 29.3 Å². The second-order valence-electron chi connectivity index (χ2n) is 7.68. The molecule has 1 fully saturated rings. The number of likely N-dealkylation sites (N-methyl/N-ethyl adjacent to an activating group) is 1. The maximum absolute atomic E-state index is 15.8. The van der Waals surface area contributed by atoms with Crippen LogP contribution in [0.15, 0.2) is 30.5 Å². The molecule has 1 amide bonds. The number of rotatable bonds is 2. The summed E-state index contributed by atoms with van der Waals surface area (Å²) in [4.78, 5) is 20.5. The predicted molar refractivity (Wildman–Crippen MR) is 115 cm³/mol. The minimum absolute atomic E-state index is 0.00578. The SMILES string of the molecule is CN1C(=O)[C@H]2CNCCN2c2c1cnc1c(F)c(-c3c(F)cccc3CO)c(Cl)cc21. The van der Waals surface area contributed by atoms with Crippen molar-refractivity contribution in [3.63, 3.8) is 0 Å². The molecule has 31 heavy (non-hydrogen) atoms. The number of carbonyl (C=O) groups excluding carboxylic acids is 1. The van der Waals surface area contributed by atoms with Crippen molar-refractivity contribution in [1.29, 1.82) is 0 Å². The van der Waals surface area contributed by atoms with E-state index in [9.17, 15) is 14.3 Å². The van der Waals surface area contributed by atoms with Crippen molar-refractivity contribution in [1.82, 2.24) is 10.3 Å². The monoisotopic (exact) mass is 444 g/mol. The summed E-state index contributed by atoms with van der Waals surface area (Å²) in [5.41, 5.74) is 1.29. The van der Waals surface area contributed by atoms with Gasteiger partial charge in [-0.25, -0.2) is 8.78 Å². The molecule has 0 bridgehead atoms. The van der Waals surface area contributed by atoms with Crippen LogP contribution < -0.4 is 15.1 Å². The molecule has 0 saturated carbocycles. The zero-order valence-corrected chi connectivity index (χ0v) is 17.4. The van der Waals surface area contributed by atoms with E-state index >= 15 is 4.39 Å². The Bertz CT molecular complexity index is 1240. The number of nitrogens with zero attached hydrogens (tertiary/aromatic N) is 3. The van der Waals surface area contributed by atoms with Crippen molar-refractivity contribution < 1.29 is 18.7 Å². The molecule has 1 atom stereocenters. The Hall–Kier alpha value is -2.81. The second-order valence-corrected chi connectivity index (χ2v) is 8.09. The van der Waals surface area contributed by atoms with Crippen molar-refractivity contribution in [3.05, 3.63) is 52.7 Å². The first-order valence-electron chi connectivity index (χ1n) is 9.88. The lowest BCUT2D eigenvalue weighted by Crippen LogP contribution is -2.61. The number of aliphatic hydroxyl groups is 1. The van der Waals surface area contributed by atoms with E-state index in [1.54, 1.807) is 13.1 Å². The Morgan fingerprint density at radius 2 is 2.13 bits per heavy atom. The summed E-state index contributed by atoms with van der Waals surface area (Å²) < 4.78 is 30.4. The van der Waals surface area contributed by atoms with Crippen molar-refractivity contribution in [3.8, 4) is 11.1 Å². The topological polar surface area (TPSA) is 68.7 Å². The molecule has 0 spiro atoms. The van der Waals surface area contributed by atoms with Gasteiger partial charge in [-0.2, -0.15) is 0 Å². The van der Waals surface area contributed by atoms with Crippen LogP contribution in [0.5, 0.6) is 0 Å². The smallest absolute Gasteiger partial charge is 0.250 e. The van der Waals surface area contributed by atoms with Crippen LogP contribution in [-0.2, 0) is 11.4 Å². The van der Waals surface area contributed by atoms with Crippen LogP contribution in [0.1, 0.15) is 5.56 Å². The van der Waals surface area contributed by atoms with Gasteiger partial charge in [0.15, 0.2) is 5.82 Å².